The zero-order chi connectivity index (χ0) is 21.9. The lowest BCUT2D eigenvalue weighted by Gasteiger charge is -2.16. The number of hydrogen-bond acceptors (Lipinski definition) is 6. The van der Waals surface area contributed by atoms with Crippen molar-refractivity contribution in [2.24, 2.45) is 0 Å². The molecule has 0 radical (unpaired) electrons. The van der Waals surface area contributed by atoms with Crippen LogP contribution in [0, 0.1) is 0 Å². The highest BCUT2D eigenvalue weighted by Gasteiger charge is 2.27. The van der Waals surface area contributed by atoms with Crippen molar-refractivity contribution in [2.75, 3.05) is 20.2 Å². The second-order valence-corrected chi connectivity index (χ2v) is 7.90. The summed E-state index contributed by atoms with van der Waals surface area (Å²) in [6, 6.07) is 20.6. The molecule has 0 aliphatic carbocycles. The van der Waals surface area contributed by atoms with Gasteiger partial charge in [-0.2, -0.15) is 5.10 Å². The van der Waals surface area contributed by atoms with Crippen LogP contribution >= 0.6 is 0 Å². The zero-order valence-electron chi connectivity index (χ0n) is 17.8. The molecule has 5 rings (SSSR count). The Hall–Kier alpha value is -3.78. The Morgan fingerprint density at radius 1 is 1.06 bits per heavy atom. The number of ether oxygens (including phenoxy) is 1. The van der Waals surface area contributed by atoms with Crippen molar-refractivity contribution in [3.63, 3.8) is 0 Å². The number of rotatable bonds is 6. The van der Waals surface area contributed by atoms with Gasteiger partial charge in [-0.3, -0.25) is 4.90 Å². The summed E-state index contributed by atoms with van der Waals surface area (Å²) in [6.45, 7) is 2.55. The topological polar surface area (TPSA) is 78.1 Å². The molecular formula is C24H24N6O2. The molecule has 162 valence electrons. The number of para-hydroxylation sites is 1. The molecular weight excluding hydrogens is 404 g/mol. The third kappa shape index (κ3) is 4.04. The quantitative estimate of drug-likeness (QED) is 0.438. The predicted molar refractivity (Wildman–Crippen MR) is 119 cm³/mol. The van der Waals surface area contributed by atoms with E-state index in [4.69, 9.17) is 9.84 Å². The molecule has 0 spiro atoms. The van der Waals surface area contributed by atoms with E-state index in [-0.39, 0.29) is 11.7 Å². The van der Waals surface area contributed by atoms with Crippen molar-refractivity contribution in [3.8, 4) is 16.9 Å². The summed E-state index contributed by atoms with van der Waals surface area (Å²) in [7, 11) is 1.35. The number of aromatic nitrogens is 5. The lowest BCUT2D eigenvalue weighted by molar-refractivity contribution is 0.0594. The Morgan fingerprint density at radius 3 is 2.56 bits per heavy atom. The van der Waals surface area contributed by atoms with E-state index in [0.29, 0.717) is 0 Å². The molecule has 1 unspecified atom stereocenters. The number of carbonyl (C=O) groups is 1. The molecule has 2 aromatic heterocycles. The predicted octanol–water partition coefficient (Wildman–Crippen LogP) is 3.36. The van der Waals surface area contributed by atoms with Gasteiger partial charge < -0.3 is 4.74 Å². The zero-order valence-corrected chi connectivity index (χ0v) is 17.8. The lowest BCUT2D eigenvalue weighted by atomic mass is 10.1. The molecule has 8 heteroatoms. The van der Waals surface area contributed by atoms with Gasteiger partial charge in [0.05, 0.1) is 30.7 Å². The molecule has 4 aromatic rings. The van der Waals surface area contributed by atoms with Gasteiger partial charge in [0.1, 0.15) is 0 Å². The number of hydrogen-bond donors (Lipinski definition) is 0. The van der Waals surface area contributed by atoms with Gasteiger partial charge in [0.25, 0.3) is 0 Å². The molecule has 0 saturated carbocycles. The summed E-state index contributed by atoms with van der Waals surface area (Å²) in [5.74, 6) is -0.466. The number of nitrogens with zero attached hydrogens (tertiary/aromatic N) is 6. The Balaban J connectivity index is 1.37. The third-order valence-electron chi connectivity index (χ3n) is 5.78. The standard InChI is InChI=1S/C24H24N6O2/c1-32-24(31)22-17-30(27-25-22)21-12-13-28(16-21)14-19-15-29(20-10-6-3-7-11-20)26-23(19)18-8-4-2-5-9-18/h2-11,15,17,21H,12-14,16H2,1H3. The van der Waals surface area contributed by atoms with Crippen LogP contribution in [0.1, 0.15) is 28.5 Å². The van der Waals surface area contributed by atoms with Crippen LogP contribution in [0.3, 0.4) is 0 Å². The van der Waals surface area contributed by atoms with Gasteiger partial charge in [0.15, 0.2) is 5.69 Å². The first-order valence-electron chi connectivity index (χ1n) is 10.6. The maximum atomic E-state index is 11.7. The first-order valence-corrected chi connectivity index (χ1v) is 10.6. The van der Waals surface area contributed by atoms with Gasteiger partial charge in [0, 0.05) is 37.0 Å². The highest BCUT2D eigenvalue weighted by Crippen LogP contribution is 2.28. The van der Waals surface area contributed by atoms with E-state index >= 15 is 0 Å². The molecule has 3 heterocycles. The molecule has 8 nitrogen and oxygen atoms in total. The minimum atomic E-state index is -0.466. The molecule has 1 aliphatic rings. The SMILES string of the molecule is COC(=O)c1cn(C2CCN(Cc3cn(-c4ccccc4)nc3-c3ccccc3)C2)nn1. The minimum absolute atomic E-state index is 0.172. The molecule has 1 atom stereocenters. The number of likely N-dealkylation sites (tertiary alicyclic amines) is 1. The smallest absolute Gasteiger partial charge is 0.360 e. The first kappa shape index (κ1) is 20.1. The largest absolute Gasteiger partial charge is 0.464 e. The van der Waals surface area contributed by atoms with Crippen molar-refractivity contribution >= 4 is 5.97 Å². The van der Waals surface area contributed by atoms with Gasteiger partial charge in [-0.25, -0.2) is 14.2 Å². The molecule has 1 fully saturated rings. The van der Waals surface area contributed by atoms with Gasteiger partial charge in [0.2, 0.25) is 0 Å². The van der Waals surface area contributed by atoms with Crippen LogP contribution in [0.4, 0.5) is 0 Å². The Bertz CT molecular complexity index is 1200. The van der Waals surface area contributed by atoms with E-state index in [2.05, 4.69) is 45.7 Å². The Labute approximate surface area is 186 Å². The van der Waals surface area contributed by atoms with Gasteiger partial charge >= 0.3 is 5.97 Å². The minimum Gasteiger partial charge on any atom is -0.464 e. The number of benzene rings is 2. The second-order valence-electron chi connectivity index (χ2n) is 7.90. The Kier molecular flexibility index (Phi) is 5.51. The van der Waals surface area contributed by atoms with Crippen LogP contribution in [-0.2, 0) is 11.3 Å². The monoisotopic (exact) mass is 428 g/mol. The normalized spacial score (nSPS) is 16.3. The van der Waals surface area contributed by atoms with E-state index < -0.39 is 5.97 Å². The highest BCUT2D eigenvalue weighted by atomic mass is 16.5. The molecule has 0 N–H and O–H groups in total. The Morgan fingerprint density at radius 2 is 1.81 bits per heavy atom. The van der Waals surface area contributed by atoms with Crippen LogP contribution < -0.4 is 0 Å². The van der Waals surface area contributed by atoms with Crippen LogP contribution in [0.25, 0.3) is 16.9 Å². The summed E-state index contributed by atoms with van der Waals surface area (Å²) < 4.78 is 8.46. The lowest BCUT2D eigenvalue weighted by Crippen LogP contribution is -2.21. The van der Waals surface area contributed by atoms with Gasteiger partial charge in [-0.05, 0) is 18.6 Å². The summed E-state index contributed by atoms with van der Waals surface area (Å²) in [5, 5.41) is 13.0. The average Bonchev–Trinajstić information content (AvgIpc) is 3.60. The highest BCUT2D eigenvalue weighted by molar-refractivity contribution is 5.86. The summed E-state index contributed by atoms with van der Waals surface area (Å²) in [6.07, 6.45) is 4.73. The number of carbonyl (C=O) groups excluding carboxylic acids is 1. The van der Waals surface area contributed by atoms with Crippen molar-refractivity contribution in [2.45, 2.75) is 19.0 Å². The van der Waals surface area contributed by atoms with E-state index in [0.717, 1.165) is 43.0 Å². The second kappa shape index (κ2) is 8.76. The van der Waals surface area contributed by atoms with Gasteiger partial charge in [-0.1, -0.05) is 53.7 Å². The van der Waals surface area contributed by atoms with Gasteiger partial charge in [-0.15, -0.1) is 5.10 Å². The number of methoxy groups -OCH3 is 1. The summed E-state index contributed by atoms with van der Waals surface area (Å²) in [4.78, 5) is 14.1. The van der Waals surface area contributed by atoms with Crippen LogP contribution in [-0.4, -0.2) is 55.8 Å². The fourth-order valence-corrected chi connectivity index (χ4v) is 4.14. The third-order valence-corrected chi connectivity index (χ3v) is 5.78. The number of esters is 1. The maximum absolute atomic E-state index is 11.7. The summed E-state index contributed by atoms with van der Waals surface area (Å²) >= 11 is 0. The van der Waals surface area contributed by atoms with Crippen molar-refractivity contribution in [3.05, 3.63) is 84.3 Å². The summed E-state index contributed by atoms with van der Waals surface area (Å²) in [5.41, 5.74) is 4.54. The molecule has 1 saturated heterocycles. The van der Waals surface area contributed by atoms with E-state index in [9.17, 15) is 4.79 Å². The molecule has 32 heavy (non-hydrogen) atoms. The fourth-order valence-electron chi connectivity index (χ4n) is 4.14. The van der Waals surface area contributed by atoms with Crippen LogP contribution in [0.15, 0.2) is 73.1 Å². The van der Waals surface area contributed by atoms with Crippen LogP contribution in [0.5, 0.6) is 0 Å². The molecule has 2 aromatic carbocycles. The fraction of sp³-hybridized carbons (Fsp3) is 0.250. The van der Waals surface area contributed by atoms with Crippen molar-refractivity contribution in [1.29, 1.82) is 0 Å². The molecule has 1 aliphatic heterocycles. The van der Waals surface area contributed by atoms with Crippen LogP contribution in [0.2, 0.25) is 0 Å². The maximum Gasteiger partial charge on any atom is 0.360 e. The van der Waals surface area contributed by atoms with E-state index in [1.165, 1.54) is 12.7 Å². The van der Waals surface area contributed by atoms with E-state index in [1.54, 1.807) is 10.9 Å². The van der Waals surface area contributed by atoms with E-state index in [1.807, 2.05) is 41.1 Å². The van der Waals surface area contributed by atoms with Crippen molar-refractivity contribution in [1.82, 2.24) is 29.7 Å². The first-order chi connectivity index (χ1) is 15.7. The molecule has 0 amide bonds. The molecule has 0 bridgehead atoms. The average molecular weight is 428 g/mol. The van der Waals surface area contributed by atoms with Crippen molar-refractivity contribution < 1.29 is 9.53 Å².